The fourth-order valence-corrected chi connectivity index (χ4v) is 1.68. The highest BCUT2D eigenvalue weighted by Crippen LogP contribution is 2.05. The summed E-state index contributed by atoms with van der Waals surface area (Å²) in [4.78, 5) is 0. The van der Waals surface area contributed by atoms with Gasteiger partial charge in [0.25, 0.3) is 0 Å². The number of rotatable bonds is 7. The Kier molecular flexibility index (Phi) is 6.12. The molecule has 0 radical (unpaired) electrons. The Morgan fingerprint density at radius 1 is 1.25 bits per heavy atom. The first kappa shape index (κ1) is 13.2. The summed E-state index contributed by atoms with van der Waals surface area (Å²) in [6.07, 6.45) is 2.52. The molecule has 0 aliphatic rings. The second kappa shape index (κ2) is 7.42. The van der Waals surface area contributed by atoms with E-state index in [1.807, 2.05) is 0 Å². The maximum Gasteiger partial charge on any atom is 0.0667 e. The number of hydrogen-bond acceptors (Lipinski definition) is 2. The second-order valence-corrected chi connectivity index (χ2v) is 4.25. The predicted octanol–water partition coefficient (Wildman–Crippen LogP) is 2.63. The Morgan fingerprint density at radius 3 is 2.50 bits per heavy atom. The third kappa shape index (κ3) is 4.77. The van der Waals surface area contributed by atoms with Gasteiger partial charge in [0.05, 0.1) is 6.10 Å². The Hall–Kier alpha value is -0.860. The molecular weight excluding hydrogens is 198 g/mol. The van der Waals surface area contributed by atoms with Crippen molar-refractivity contribution in [2.24, 2.45) is 0 Å². The van der Waals surface area contributed by atoms with Gasteiger partial charge in [-0.3, -0.25) is 0 Å². The largest absolute Gasteiger partial charge is 0.380 e. The van der Waals surface area contributed by atoms with Crippen molar-refractivity contribution in [2.75, 3.05) is 13.7 Å². The molecule has 90 valence electrons. The molecule has 2 heteroatoms. The minimum atomic E-state index is 0.282. The Bertz CT molecular complexity index is 273. The van der Waals surface area contributed by atoms with Crippen LogP contribution < -0.4 is 5.32 Å². The van der Waals surface area contributed by atoms with Crippen LogP contribution in [0.1, 0.15) is 25.8 Å². The van der Waals surface area contributed by atoms with E-state index in [0.717, 1.165) is 19.4 Å². The van der Waals surface area contributed by atoms with E-state index in [4.69, 9.17) is 4.74 Å². The van der Waals surface area contributed by atoms with Crippen LogP contribution >= 0.6 is 0 Å². The molecule has 0 amide bonds. The number of hydrogen-bond donors (Lipinski definition) is 1. The summed E-state index contributed by atoms with van der Waals surface area (Å²) >= 11 is 0. The Morgan fingerprint density at radius 2 is 1.94 bits per heavy atom. The summed E-state index contributed by atoms with van der Waals surface area (Å²) in [6, 6.07) is 11.2. The highest BCUT2D eigenvalue weighted by Gasteiger charge is 2.08. The summed E-state index contributed by atoms with van der Waals surface area (Å²) in [5.74, 6) is 0. The van der Waals surface area contributed by atoms with Crippen LogP contribution in [0, 0.1) is 0 Å². The maximum absolute atomic E-state index is 5.23. The van der Waals surface area contributed by atoms with Gasteiger partial charge in [0.1, 0.15) is 0 Å². The van der Waals surface area contributed by atoms with Gasteiger partial charge in [0.2, 0.25) is 0 Å². The maximum atomic E-state index is 5.23. The fourth-order valence-electron chi connectivity index (χ4n) is 1.68. The van der Waals surface area contributed by atoms with E-state index in [-0.39, 0.29) is 6.10 Å². The lowest BCUT2D eigenvalue weighted by molar-refractivity contribution is 0.114. The standard InChI is InChI=1S/C14H23NO/c1-4-14(15-11-12(2)16-3)10-13-8-6-5-7-9-13/h5-9,12,14-15H,4,10-11H2,1-3H3. The lowest BCUT2D eigenvalue weighted by Crippen LogP contribution is -2.36. The lowest BCUT2D eigenvalue weighted by atomic mass is 10.0. The molecule has 0 fully saturated rings. The van der Waals surface area contributed by atoms with Gasteiger partial charge in [-0.2, -0.15) is 0 Å². The summed E-state index contributed by atoms with van der Waals surface area (Å²) in [5.41, 5.74) is 1.40. The zero-order chi connectivity index (χ0) is 11.8. The first-order chi connectivity index (χ1) is 7.76. The van der Waals surface area contributed by atoms with Crippen molar-refractivity contribution in [1.29, 1.82) is 0 Å². The molecule has 1 aromatic rings. The van der Waals surface area contributed by atoms with Crippen LogP contribution in [0.4, 0.5) is 0 Å². The van der Waals surface area contributed by atoms with Crippen molar-refractivity contribution in [2.45, 2.75) is 38.8 Å². The van der Waals surface area contributed by atoms with Crippen molar-refractivity contribution in [1.82, 2.24) is 5.32 Å². The predicted molar refractivity (Wildman–Crippen MR) is 68.7 cm³/mol. The van der Waals surface area contributed by atoms with E-state index in [1.54, 1.807) is 7.11 Å². The summed E-state index contributed by atoms with van der Waals surface area (Å²) in [7, 11) is 1.75. The summed E-state index contributed by atoms with van der Waals surface area (Å²) in [6.45, 7) is 5.22. The number of benzene rings is 1. The zero-order valence-corrected chi connectivity index (χ0v) is 10.6. The molecule has 1 N–H and O–H groups in total. The van der Waals surface area contributed by atoms with Crippen molar-refractivity contribution >= 4 is 0 Å². The van der Waals surface area contributed by atoms with Gasteiger partial charge in [-0.25, -0.2) is 0 Å². The smallest absolute Gasteiger partial charge is 0.0667 e. The van der Waals surface area contributed by atoms with E-state index in [9.17, 15) is 0 Å². The highest BCUT2D eigenvalue weighted by atomic mass is 16.5. The van der Waals surface area contributed by atoms with Crippen LogP contribution in [0.5, 0.6) is 0 Å². The normalized spacial score (nSPS) is 14.7. The first-order valence-corrected chi connectivity index (χ1v) is 6.06. The molecule has 0 saturated heterocycles. The van der Waals surface area contributed by atoms with Crippen molar-refractivity contribution < 1.29 is 4.74 Å². The van der Waals surface area contributed by atoms with Crippen LogP contribution in [0.15, 0.2) is 30.3 Å². The minimum Gasteiger partial charge on any atom is -0.380 e. The average molecular weight is 221 g/mol. The van der Waals surface area contributed by atoms with Crippen LogP contribution in [0.3, 0.4) is 0 Å². The second-order valence-electron chi connectivity index (χ2n) is 4.25. The molecule has 0 aliphatic carbocycles. The number of nitrogens with one attached hydrogen (secondary N) is 1. The van der Waals surface area contributed by atoms with E-state index < -0.39 is 0 Å². The molecule has 0 saturated carbocycles. The minimum absolute atomic E-state index is 0.282. The van der Waals surface area contributed by atoms with Crippen molar-refractivity contribution in [3.05, 3.63) is 35.9 Å². The van der Waals surface area contributed by atoms with Gasteiger partial charge in [-0.1, -0.05) is 37.3 Å². The Labute approximate surface area is 99.0 Å². The van der Waals surface area contributed by atoms with Gasteiger partial charge in [0, 0.05) is 19.7 Å². The molecule has 0 bridgehead atoms. The quantitative estimate of drug-likeness (QED) is 0.764. The Balaban J connectivity index is 2.37. The number of ether oxygens (including phenoxy) is 1. The highest BCUT2D eigenvalue weighted by molar-refractivity contribution is 5.15. The third-order valence-corrected chi connectivity index (χ3v) is 2.91. The van der Waals surface area contributed by atoms with Gasteiger partial charge >= 0.3 is 0 Å². The van der Waals surface area contributed by atoms with Gasteiger partial charge in [0.15, 0.2) is 0 Å². The third-order valence-electron chi connectivity index (χ3n) is 2.91. The van der Waals surface area contributed by atoms with Crippen LogP contribution in [0.25, 0.3) is 0 Å². The van der Waals surface area contributed by atoms with E-state index in [2.05, 4.69) is 49.5 Å². The molecule has 2 nitrogen and oxygen atoms in total. The van der Waals surface area contributed by atoms with Gasteiger partial charge in [-0.05, 0) is 25.3 Å². The topological polar surface area (TPSA) is 21.3 Å². The average Bonchev–Trinajstić information content (AvgIpc) is 2.35. The molecule has 0 spiro atoms. The van der Waals surface area contributed by atoms with Crippen molar-refractivity contribution in [3.8, 4) is 0 Å². The van der Waals surface area contributed by atoms with Crippen LogP contribution in [-0.4, -0.2) is 25.8 Å². The monoisotopic (exact) mass is 221 g/mol. The summed E-state index contributed by atoms with van der Waals surface area (Å²) in [5, 5.41) is 3.54. The first-order valence-electron chi connectivity index (χ1n) is 6.06. The van der Waals surface area contributed by atoms with Crippen LogP contribution in [-0.2, 0) is 11.2 Å². The number of methoxy groups -OCH3 is 1. The van der Waals surface area contributed by atoms with E-state index in [1.165, 1.54) is 5.56 Å². The molecule has 2 atom stereocenters. The zero-order valence-electron chi connectivity index (χ0n) is 10.6. The molecule has 0 heterocycles. The molecule has 2 unspecified atom stereocenters. The molecule has 16 heavy (non-hydrogen) atoms. The molecule has 1 aromatic carbocycles. The van der Waals surface area contributed by atoms with E-state index in [0.29, 0.717) is 6.04 Å². The fraction of sp³-hybridized carbons (Fsp3) is 0.571. The van der Waals surface area contributed by atoms with E-state index >= 15 is 0 Å². The van der Waals surface area contributed by atoms with Crippen molar-refractivity contribution in [3.63, 3.8) is 0 Å². The van der Waals surface area contributed by atoms with Gasteiger partial charge < -0.3 is 10.1 Å². The summed E-state index contributed by atoms with van der Waals surface area (Å²) < 4.78 is 5.23. The lowest BCUT2D eigenvalue weighted by Gasteiger charge is -2.19. The SMILES string of the molecule is CCC(Cc1ccccc1)NCC(C)OC. The van der Waals surface area contributed by atoms with Gasteiger partial charge in [-0.15, -0.1) is 0 Å². The molecule has 0 aromatic heterocycles. The molecular formula is C14H23NO. The molecule has 0 aliphatic heterocycles. The van der Waals surface area contributed by atoms with Crippen LogP contribution in [0.2, 0.25) is 0 Å². The molecule has 1 rings (SSSR count).